The SMILES string of the molecule is SNCC1COc2ccccc2O1. The second-order valence-corrected chi connectivity index (χ2v) is 3.18. The number of hydrogen-bond donors (Lipinski definition) is 2. The molecule has 0 bridgehead atoms. The van der Waals surface area contributed by atoms with E-state index in [0.29, 0.717) is 13.2 Å². The third kappa shape index (κ3) is 1.89. The molecule has 0 amide bonds. The molecule has 1 N–H and O–H groups in total. The summed E-state index contributed by atoms with van der Waals surface area (Å²) in [6, 6.07) is 7.66. The fourth-order valence-electron chi connectivity index (χ4n) is 1.27. The van der Waals surface area contributed by atoms with E-state index in [1.54, 1.807) is 0 Å². The minimum Gasteiger partial charge on any atom is -0.486 e. The summed E-state index contributed by atoms with van der Waals surface area (Å²) < 4.78 is 13.9. The van der Waals surface area contributed by atoms with Gasteiger partial charge in [-0.1, -0.05) is 24.9 Å². The molecule has 0 saturated carbocycles. The molecule has 1 aromatic carbocycles. The maximum Gasteiger partial charge on any atom is 0.161 e. The molecule has 1 aliphatic rings. The molecule has 3 nitrogen and oxygen atoms in total. The van der Waals surface area contributed by atoms with Crippen LogP contribution >= 0.6 is 12.8 Å². The maximum absolute atomic E-state index is 5.64. The second-order valence-electron chi connectivity index (χ2n) is 2.86. The highest BCUT2D eigenvalue weighted by Crippen LogP contribution is 2.30. The molecule has 1 atom stereocenters. The number of hydrogen-bond acceptors (Lipinski definition) is 4. The van der Waals surface area contributed by atoms with Crippen molar-refractivity contribution in [2.45, 2.75) is 6.10 Å². The zero-order valence-electron chi connectivity index (χ0n) is 7.06. The van der Waals surface area contributed by atoms with E-state index in [2.05, 4.69) is 17.5 Å². The molecule has 0 fully saturated rings. The topological polar surface area (TPSA) is 30.5 Å². The Labute approximate surface area is 82.6 Å². The van der Waals surface area contributed by atoms with Gasteiger partial charge in [0.15, 0.2) is 11.5 Å². The molecular formula is C9H11NO2S. The van der Waals surface area contributed by atoms with Crippen LogP contribution in [0.3, 0.4) is 0 Å². The Hall–Kier alpha value is -0.870. The standard InChI is InChI=1S/C9H11NO2S/c13-10-5-7-6-11-8-3-1-2-4-9(8)12-7/h1-4,7,10,13H,5-6H2. The Morgan fingerprint density at radius 1 is 1.38 bits per heavy atom. The van der Waals surface area contributed by atoms with E-state index < -0.39 is 0 Å². The zero-order valence-corrected chi connectivity index (χ0v) is 7.96. The van der Waals surface area contributed by atoms with Crippen molar-refractivity contribution in [2.24, 2.45) is 0 Å². The van der Waals surface area contributed by atoms with E-state index in [-0.39, 0.29) is 6.10 Å². The number of ether oxygens (including phenoxy) is 2. The second kappa shape index (κ2) is 3.89. The molecule has 1 heterocycles. The normalized spacial score (nSPS) is 19.9. The quantitative estimate of drug-likeness (QED) is 0.700. The average Bonchev–Trinajstić information content (AvgIpc) is 2.18. The lowest BCUT2D eigenvalue weighted by atomic mass is 10.2. The smallest absolute Gasteiger partial charge is 0.161 e. The van der Waals surface area contributed by atoms with Crippen LogP contribution in [0.15, 0.2) is 24.3 Å². The molecular weight excluding hydrogens is 186 g/mol. The van der Waals surface area contributed by atoms with Crippen molar-refractivity contribution >= 4 is 12.8 Å². The largest absolute Gasteiger partial charge is 0.486 e. The zero-order chi connectivity index (χ0) is 9.10. The van der Waals surface area contributed by atoms with E-state index in [0.717, 1.165) is 11.5 Å². The van der Waals surface area contributed by atoms with Gasteiger partial charge in [0.25, 0.3) is 0 Å². The highest BCUT2D eigenvalue weighted by atomic mass is 32.1. The lowest BCUT2D eigenvalue weighted by molar-refractivity contribution is 0.0949. The number of rotatable bonds is 2. The molecule has 1 aromatic rings. The number of fused-ring (bicyclic) bond motifs is 1. The van der Waals surface area contributed by atoms with E-state index >= 15 is 0 Å². The van der Waals surface area contributed by atoms with Crippen molar-refractivity contribution in [3.8, 4) is 11.5 Å². The van der Waals surface area contributed by atoms with Crippen LogP contribution in [-0.2, 0) is 0 Å². The van der Waals surface area contributed by atoms with E-state index in [1.165, 1.54) is 0 Å². The summed E-state index contributed by atoms with van der Waals surface area (Å²) in [5.41, 5.74) is 0. The molecule has 0 aliphatic carbocycles. The lowest BCUT2D eigenvalue weighted by Crippen LogP contribution is -2.35. The van der Waals surface area contributed by atoms with Crippen LogP contribution in [0.1, 0.15) is 0 Å². The van der Waals surface area contributed by atoms with Crippen molar-refractivity contribution in [1.82, 2.24) is 4.72 Å². The highest BCUT2D eigenvalue weighted by Gasteiger charge is 2.19. The van der Waals surface area contributed by atoms with Crippen LogP contribution in [0.2, 0.25) is 0 Å². The first kappa shape index (κ1) is 8.72. The number of thiol groups is 1. The predicted octanol–water partition coefficient (Wildman–Crippen LogP) is 1.26. The van der Waals surface area contributed by atoms with E-state index in [4.69, 9.17) is 9.47 Å². The average molecular weight is 197 g/mol. The molecule has 4 heteroatoms. The van der Waals surface area contributed by atoms with Crippen LogP contribution in [0.25, 0.3) is 0 Å². The summed E-state index contributed by atoms with van der Waals surface area (Å²) in [5.74, 6) is 1.63. The van der Waals surface area contributed by atoms with Gasteiger partial charge in [-0.25, -0.2) is 0 Å². The van der Waals surface area contributed by atoms with Gasteiger partial charge in [0.1, 0.15) is 12.7 Å². The first-order valence-electron chi connectivity index (χ1n) is 4.15. The van der Waals surface area contributed by atoms with Crippen LogP contribution in [-0.4, -0.2) is 19.3 Å². The van der Waals surface area contributed by atoms with Gasteiger partial charge in [-0.3, -0.25) is 4.72 Å². The van der Waals surface area contributed by atoms with E-state index in [1.807, 2.05) is 24.3 Å². The Kier molecular flexibility index (Phi) is 2.61. The summed E-state index contributed by atoms with van der Waals surface area (Å²) in [4.78, 5) is 0. The van der Waals surface area contributed by atoms with Gasteiger partial charge in [0, 0.05) is 6.54 Å². The molecule has 13 heavy (non-hydrogen) atoms. The third-order valence-corrected chi connectivity index (χ3v) is 2.07. The molecule has 1 aliphatic heterocycles. The summed E-state index contributed by atoms with van der Waals surface area (Å²) in [6.45, 7) is 1.25. The summed E-state index contributed by atoms with van der Waals surface area (Å²) >= 11 is 3.92. The molecule has 0 aromatic heterocycles. The summed E-state index contributed by atoms with van der Waals surface area (Å²) in [5, 5.41) is 0. The first-order valence-corrected chi connectivity index (χ1v) is 4.60. The van der Waals surface area contributed by atoms with Crippen LogP contribution < -0.4 is 14.2 Å². The van der Waals surface area contributed by atoms with Crippen molar-refractivity contribution in [3.05, 3.63) is 24.3 Å². The van der Waals surface area contributed by atoms with Gasteiger partial charge in [0.2, 0.25) is 0 Å². The van der Waals surface area contributed by atoms with Gasteiger partial charge in [-0.05, 0) is 12.1 Å². The fraction of sp³-hybridized carbons (Fsp3) is 0.333. The summed E-state index contributed by atoms with van der Waals surface area (Å²) in [6.07, 6.45) is 0.0485. The molecule has 0 radical (unpaired) electrons. The van der Waals surface area contributed by atoms with Crippen molar-refractivity contribution in [2.75, 3.05) is 13.2 Å². The van der Waals surface area contributed by atoms with Gasteiger partial charge >= 0.3 is 0 Å². The van der Waals surface area contributed by atoms with E-state index in [9.17, 15) is 0 Å². The molecule has 2 rings (SSSR count). The summed E-state index contributed by atoms with van der Waals surface area (Å²) in [7, 11) is 0. The Balaban J connectivity index is 2.11. The Morgan fingerprint density at radius 2 is 2.15 bits per heavy atom. The minimum atomic E-state index is 0.0485. The molecule has 0 saturated heterocycles. The maximum atomic E-state index is 5.64. The van der Waals surface area contributed by atoms with Crippen molar-refractivity contribution in [1.29, 1.82) is 0 Å². The Morgan fingerprint density at radius 3 is 2.92 bits per heavy atom. The monoisotopic (exact) mass is 197 g/mol. The van der Waals surface area contributed by atoms with Gasteiger partial charge < -0.3 is 9.47 Å². The number of nitrogens with one attached hydrogen (secondary N) is 1. The van der Waals surface area contributed by atoms with Crippen LogP contribution in [0.4, 0.5) is 0 Å². The van der Waals surface area contributed by atoms with Crippen LogP contribution in [0, 0.1) is 0 Å². The van der Waals surface area contributed by atoms with Gasteiger partial charge in [-0.15, -0.1) is 0 Å². The minimum absolute atomic E-state index is 0.0485. The van der Waals surface area contributed by atoms with Gasteiger partial charge in [0.05, 0.1) is 0 Å². The van der Waals surface area contributed by atoms with Crippen LogP contribution in [0.5, 0.6) is 11.5 Å². The Bertz CT molecular complexity index is 293. The number of para-hydroxylation sites is 2. The highest BCUT2D eigenvalue weighted by molar-refractivity contribution is 7.78. The fourth-order valence-corrected chi connectivity index (χ4v) is 1.47. The van der Waals surface area contributed by atoms with Crippen molar-refractivity contribution < 1.29 is 9.47 Å². The first-order chi connectivity index (χ1) is 6.40. The molecule has 1 unspecified atom stereocenters. The van der Waals surface area contributed by atoms with Crippen molar-refractivity contribution in [3.63, 3.8) is 0 Å². The molecule has 0 spiro atoms. The third-order valence-electron chi connectivity index (χ3n) is 1.89. The predicted molar refractivity (Wildman–Crippen MR) is 53.3 cm³/mol. The number of benzene rings is 1. The lowest BCUT2D eigenvalue weighted by Gasteiger charge is -2.25. The van der Waals surface area contributed by atoms with Gasteiger partial charge in [-0.2, -0.15) is 0 Å². The molecule has 70 valence electrons.